The Labute approximate surface area is 266 Å². The van der Waals surface area contributed by atoms with Crippen LogP contribution >= 0.6 is 19.4 Å². The third-order valence-corrected chi connectivity index (χ3v) is 9.78. The first-order valence-corrected chi connectivity index (χ1v) is 20.3. The van der Waals surface area contributed by atoms with Gasteiger partial charge in [-0.25, -0.2) is 6.54 Å². The predicted octanol–water partition coefficient (Wildman–Crippen LogP) is 10.6. The fourth-order valence-electron chi connectivity index (χ4n) is 6.28. The van der Waals surface area contributed by atoms with Crippen molar-refractivity contribution in [3.05, 3.63) is 114 Å². The second-order valence-corrected chi connectivity index (χ2v) is 17.8. The van der Waals surface area contributed by atoms with Gasteiger partial charge in [-0.3, -0.25) is 0 Å². The number of hydrogen-bond acceptors (Lipinski definition) is 2. The van der Waals surface area contributed by atoms with Crippen molar-refractivity contribution in [1.82, 2.24) is 0 Å². The van der Waals surface area contributed by atoms with Gasteiger partial charge in [-0.2, -0.15) is 0 Å². The first kappa shape index (κ1) is 32.7. The van der Waals surface area contributed by atoms with Gasteiger partial charge in [0.2, 0.25) is 0 Å². The van der Waals surface area contributed by atoms with E-state index in [0.717, 1.165) is 30.6 Å². The van der Waals surface area contributed by atoms with Crippen molar-refractivity contribution in [2.45, 2.75) is 84.8 Å². The molecule has 0 amide bonds. The monoisotopic (exact) mass is 690 g/mol. The summed E-state index contributed by atoms with van der Waals surface area (Å²) in [6.45, 7) is 18.2. The first-order chi connectivity index (χ1) is 20.0. The average molecular weight is 691 g/mol. The van der Waals surface area contributed by atoms with E-state index < -0.39 is 13.5 Å². The molecular weight excluding hydrogens is 646 g/mol. The molecular formula is C37H44Cl2NORu-. The van der Waals surface area contributed by atoms with Crippen LogP contribution in [0.25, 0.3) is 10.8 Å². The third kappa shape index (κ3) is 7.47. The van der Waals surface area contributed by atoms with Crippen molar-refractivity contribution in [1.29, 1.82) is 0 Å². The molecule has 226 valence electrons. The topological polar surface area (TPSA) is 12.5 Å². The van der Waals surface area contributed by atoms with Crippen LogP contribution in [0.15, 0.2) is 84.9 Å². The standard InChI is InChI=1S/C27H32N.C10H12O.2ClH.Ru/c1-6-20-13-10-14-21(7-2)25(20)28-19-27(5,18-26(28,3)4)24-17-11-15-22-12-8-9-16-23(22)24;1-8(2)11-10-7-5-4-6-9(10)3;;;/h8-17,19H,6-7,18H2,1-5H3;3-8H,1-2H3;2*1H;/q-1;;;;+2/p-2/t27-;;;;/m1..../s1. The summed E-state index contributed by atoms with van der Waals surface area (Å²) in [5.41, 5.74) is 6.84. The van der Waals surface area contributed by atoms with Gasteiger partial charge < -0.3 is 4.90 Å². The minimum Gasteiger partial charge on any atom is -0.517 e. The first-order valence-electron chi connectivity index (χ1n) is 14.8. The smallest absolute Gasteiger partial charge is 0.0140 e. The summed E-state index contributed by atoms with van der Waals surface area (Å²) >= 11 is -1.77. The Bertz CT molecular complexity index is 1510. The van der Waals surface area contributed by atoms with Gasteiger partial charge in [-0.1, -0.05) is 87.0 Å². The Kier molecular flexibility index (Phi) is 11.0. The van der Waals surface area contributed by atoms with Crippen molar-refractivity contribution in [3.63, 3.8) is 0 Å². The zero-order chi connectivity index (χ0) is 30.5. The molecule has 0 aliphatic carbocycles. The van der Waals surface area contributed by atoms with Crippen molar-refractivity contribution in [2.75, 3.05) is 4.90 Å². The molecule has 0 saturated carbocycles. The van der Waals surface area contributed by atoms with Gasteiger partial charge in [-0.15, -0.1) is 5.41 Å². The van der Waals surface area contributed by atoms with E-state index in [4.69, 9.17) is 24.1 Å². The fraction of sp³-hybridized carbons (Fsp3) is 0.351. The van der Waals surface area contributed by atoms with E-state index in [0.29, 0.717) is 0 Å². The molecule has 4 aromatic rings. The summed E-state index contributed by atoms with van der Waals surface area (Å²) in [5, 5.41) is 2.70. The van der Waals surface area contributed by atoms with E-state index in [1.165, 1.54) is 33.2 Å². The molecule has 0 radical (unpaired) electrons. The van der Waals surface area contributed by atoms with E-state index >= 15 is 0 Å². The number of benzene rings is 4. The summed E-state index contributed by atoms with van der Waals surface area (Å²) in [5.74, 6) is 0.850. The number of fused-ring (bicyclic) bond motifs is 1. The third-order valence-electron chi connectivity index (χ3n) is 7.95. The molecule has 4 aromatic carbocycles. The van der Waals surface area contributed by atoms with Crippen LogP contribution in [-0.2, 0) is 31.8 Å². The van der Waals surface area contributed by atoms with Crippen molar-refractivity contribution >= 4 is 40.5 Å². The van der Waals surface area contributed by atoms with Crippen LogP contribution in [0.1, 0.15) is 77.1 Å². The van der Waals surface area contributed by atoms with Gasteiger partial charge in [0.05, 0.1) is 0 Å². The Morgan fingerprint density at radius 1 is 0.857 bits per heavy atom. The quantitative estimate of drug-likeness (QED) is 0.141. The second kappa shape index (κ2) is 14.1. The molecule has 1 aliphatic heterocycles. The maximum atomic E-state index is 5.82. The molecule has 1 heterocycles. The van der Waals surface area contributed by atoms with Crippen LogP contribution in [-0.4, -0.2) is 16.3 Å². The van der Waals surface area contributed by atoms with Crippen LogP contribution in [0.2, 0.25) is 0 Å². The number of aryl methyl sites for hydroxylation is 2. The maximum Gasteiger partial charge on any atom is 0.0140 e. The number of nitrogens with zero attached hydrogens (tertiary/aromatic N) is 1. The van der Waals surface area contributed by atoms with E-state index in [2.05, 4.69) is 107 Å². The van der Waals surface area contributed by atoms with Gasteiger partial charge in [0.1, 0.15) is 0 Å². The molecule has 1 atom stereocenters. The average Bonchev–Trinajstić information content (AvgIpc) is 3.21. The molecule has 0 aromatic heterocycles. The van der Waals surface area contributed by atoms with Gasteiger partial charge >= 0.3 is 97.8 Å². The van der Waals surface area contributed by atoms with Crippen LogP contribution in [0.5, 0.6) is 5.75 Å². The van der Waals surface area contributed by atoms with Crippen LogP contribution < -0.4 is 9.64 Å². The number of para-hydroxylation sites is 2. The normalized spacial score (nSPS) is 18.0. The summed E-state index contributed by atoms with van der Waals surface area (Å²) in [7, 11) is 11.6. The molecule has 0 unspecified atom stereocenters. The summed E-state index contributed by atoms with van der Waals surface area (Å²) < 4.78 is 7.51. The van der Waals surface area contributed by atoms with Gasteiger partial charge in [0.25, 0.3) is 0 Å². The van der Waals surface area contributed by atoms with Gasteiger partial charge in [0, 0.05) is 11.2 Å². The number of halogens is 2. The van der Waals surface area contributed by atoms with E-state index in [9.17, 15) is 0 Å². The van der Waals surface area contributed by atoms with Crippen LogP contribution in [0, 0.1) is 6.54 Å². The number of anilines is 1. The zero-order valence-corrected chi connectivity index (χ0v) is 29.2. The number of rotatable bonds is 7. The predicted molar refractivity (Wildman–Crippen MR) is 181 cm³/mol. The van der Waals surface area contributed by atoms with Crippen LogP contribution in [0.3, 0.4) is 0 Å². The molecule has 5 rings (SSSR count). The summed E-state index contributed by atoms with van der Waals surface area (Å²) in [6, 6.07) is 30.1. The maximum absolute atomic E-state index is 5.82. The molecule has 1 fully saturated rings. The van der Waals surface area contributed by atoms with Gasteiger partial charge in [0.15, 0.2) is 0 Å². The molecule has 2 nitrogen and oxygen atoms in total. The molecule has 1 aliphatic rings. The molecule has 1 saturated heterocycles. The second-order valence-electron chi connectivity index (χ2n) is 12.1. The molecule has 0 bridgehead atoms. The Morgan fingerprint density at radius 3 is 2.10 bits per heavy atom. The Morgan fingerprint density at radius 2 is 1.45 bits per heavy atom. The molecule has 0 spiro atoms. The minimum absolute atomic E-state index is 0.0101. The van der Waals surface area contributed by atoms with Crippen molar-refractivity contribution in [3.8, 4) is 5.75 Å². The number of hydrogen-bond donors (Lipinski definition) is 0. The van der Waals surface area contributed by atoms with Gasteiger partial charge in [-0.05, 0) is 55.0 Å². The summed E-state index contributed by atoms with van der Waals surface area (Å²) in [4.78, 5) is 2.59. The SMILES string of the molecule is CC(C)Oc1ccccc1[CH]=[Ru]([Cl])[Cl].CCc1cccc(CC)c1N1[CH-][C@](C)(c2cccc3ccccc23)CC1(C)C. The Balaban J connectivity index is 0.000000244. The van der Waals surface area contributed by atoms with Crippen molar-refractivity contribution < 1.29 is 18.3 Å². The van der Waals surface area contributed by atoms with Crippen LogP contribution in [0.4, 0.5) is 5.69 Å². The van der Waals surface area contributed by atoms with Crippen molar-refractivity contribution in [2.24, 2.45) is 0 Å². The summed E-state index contributed by atoms with van der Waals surface area (Å²) in [6.07, 6.45) is 3.40. The fourth-order valence-corrected chi connectivity index (χ4v) is 8.08. The van der Waals surface area contributed by atoms with E-state index in [1.807, 2.05) is 42.7 Å². The van der Waals surface area contributed by atoms with E-state index in [1.54, 1.807) is 0 Å². The molecule has 5 heteroatoms. The number of ether oxygens (including phenoxy) is 1. The van der Waals surface area contributed by atoms with E-state index in [-0.39, 0.29) is 17.1 Å². The molecule has 42 heavy (non-hydrogen) atoms. The molecule has 0 N–H and O–H groups in total. The largest absolute Gasteiger partial charge is 0.517 e. The minimum atomic E-state index is -1.77. The zero-order valence-electron chi connectivity index (χ0n) is 25.9. The Hall–Kier alpha value is -2.19.